The van der Waals surface area contributed by atoms with Gasteiger partial charge in [-0.15, -0.1) is 5.11 Å². The molecule has 0 bridgehead atoms. The zero-order valence-corrected chi connectivity index (χ0v) is 17.6. The molecular weight excluding hydrogens is 382 g/mol. The van der Waals surface area contributed by atoms with Crippen LogP contribution in [0.15, 0.2) is 87.2 Å². The average molecular weight is 406 g/mol. The molecule has 0 unspecified atom stereocenters. The fourth-order valence-corrected chi connectivity index (χ4v) is 3.10. The summed E-state index contributed by atoms with van der Waals surface area (Å²) in [4.78, 5) is 2.29. The molecule has 0 aromatic heterocycles. The third kappa shape index (κ3) is 5.72. The zero-order valence-electron chi connectivity index (χ0n) is 16.9. The van der Waals surface area contributed by atoms with Gasteiger partial charge < -0.3 is 4.90 Å². The van der Waals surface area contributed by atoms with Crippen molar-refractivity contribution in [3.8, 4) is 0 Å². The second kappa shape index (κ2) is 9.94. The van der Waals surface area contributed by atoms with E-state index in [0.717, 1.165) is 35.7 Å². The molecule has 0 aliphatic rings. The van der Waals surface area contributed by atoms with Crippen molar-refractivity contribution in [3.05, 3.63) is 77.3 Å². The number of rotatable bonds is 7. The van der Waals surface area contributed by atoms with Gasteiger partial charge in [0.15, 0.2) is 0 Å². The molecule has 0 saturated carbocycles. The SMILES string of the molecule is CCN(CC)c1ccc(N=Nc2ccc(N=Nc3ccc(C)cc3Cl)cc2)cc1. The third-order valence-corrected chi connectivity index (χ3v) is 4.79. The molecule has 0 spiro atoms. The number of benzene rings is 3. The number of azo groups is 2. The lowest BCUT2D eigenvalue weighted by Crippen LogP contribution is -2.21. The van der Waals surface area contributed by atoms with Crippen molar-refractivity contribution in [2.75, 3.05) is 18.0 Å². The maximum atomic E-state index is 6.18. The minimum Gasteiger partial charge on any atom is -0.372 e. The highest BCUT2D eigenvalue weighted by Crippen LogP contribution is 2.28. The topological polar surface area (TPSA) is 52.7 Å². The molecule has 0 radical (unpaired) electrons. The summed E-state index contributed by atoms with van der Waals surface area (Å²) in [5.74, 6) is 0. The summed E-state index contributed by atoms with van der Waals surface area (Å²) in [5, 5.41) is 17.6. The van der Waals surface area contributed by atoms with Crippen molar-refractivity contribution in [1.29, 1.82) is 0 Å². The number of halogens is 1. The van der Waals surface area contributed by atoms with Crippen LogP contribution in [-0.4, -0.2) is 13.1 Å². The standard InChI is InChI=1S/C23H24ClN5/c1-4-29(5-2)21-13-11-20(12-14-21)26-25-18-7-9-19(10-8-18)27-28-23-15-6-17(3)16-22(23)24/h6-16H,4-5H2,1-3H3. The Balaban J connectivity index is 1.65. The molecule has 0 atom stereocenters. The maximum absolute atomic E-state index is 6.18. The summed E-state index contributed by atoms with van der Waals surface area (Å²) in [6, 6.07) is 21.2. The summed E-state index contributed by atoms with van der Waals surface area (Å²) in [6.45, 7) is 8.25. The van der Waals surface area contributed by atoms with E-state index in [-0.39, 0.29) is 0 Å². The molecular formula is C23H24ClN5. The molecule has 6 heteroatoms. The Bertz CT molecular complexity index is 991. The highest BCUT2D eigenvalue weighted by Gasteiger charge is 2.01. The van der Waals surface area contributed by atoms with Crippen molar-refractivity contribution < 1.29 is 0 Å². The third-order valence-electron chi connectivity index (χ3n) is 4.49. The summed E-state index contributed by atoms with van der Waals surface area (Å²) in [5.41, 5.74) is 5.23. The molecule has 0 saturated heterocycles. The van der Waals surface area contributed by atoms with E-state index in [1.807, 2.05) is 61.5 Å². The van der Waals surface area contributed by atoms with Crippen LogP contribution in [0.5, 0.6) is 0 Å². The summed E-state index contributed by atoms with van der Waals surface area (Å²) < 4.78 is 0. The van der Waals surface area contributed by atoms with Gasteiger partial charge in [-0.2, -0.15) is 15.3 Å². The van der Waals surface area contributed by atoms with Gasteiger partial charge in [-0.1, -0.05) is 17.7 Å². The fourth-order valence-electron chi connectivity index (χ4n) is 2.82. The van der Waals surface area contributed by atoms with Crippen LogP contribution >= 0.6 is 11.6 Å². The number of nitrogens with zero attached hydrogens (tertiary/aromatic N) is 5. The van der Waals surface area contributed by atoms with E-state index in [1.165, 1.54) is 5.69 Å². The van der Waals surface area contributed by atoms with Crippen molar-refractivity contribution in [3.63, 3.8) is 0 Å². The Morgan fingerprint density at radius 2 is 1.17 bits per heavy atom. The number of hydrogen-bond acceptors (Lipinski definition) is 5. The highest BCUT2D eigenvalue weighted by atomic mass is 35.5. The molecule has 5 nitrogen and oxygen atoms in total. The van der Waals surface area contributed by atoms with E-state index in [2.05, 4.69) is 51.3 Å². The van der Waals surface area contributed by atoms with Gasteiger partial charge in [0.2, 0.25) is 0 Å². The first-order valence-corrected chi connectivity index (χ1v) is 10.0. The van der Waals surface area contributed by atoms with Crippen LogP contribution in [0, 0.1) is 6.92 Å². The van der Waals surface area contributed by atoms with Crippen molar-refractivity contribution >= 4 is 40.0 Å². The molecule has 0 amide bonds. The van der Waals surface area contributed by atoms with Crippen LogP contribution in [0.1, 0.15) is 19.4 Å². The first-order valence-electron chi connectivity index (χ1n) is 9.63. The quantitative estimate of drug-likeness (QED) is 0.364. The van der Waals surface area contributed by atoms with Crippen LogP contribution < -0.4 is 4.90 Å². The Morgan fingerprint density at radius 3 is 1.66 bits per heavy atom. The van der Waals surface area contributed by atoms with Crippen molar-refractivity contribution in [2.24, 2.45) is 20.5 Å². The fraction of sp³-hybridized carbons (Fsp3) is 0.217. The van der Waals surface area contributed by atoms with Crippen LogP contribution in [0.3, 0.4) is 0 Å². The van der Waals surface area contributed by atoms with E-state index < -0.39 is 0 Å². The zero-order chi connectivity index (χ0) is 20.6. The Hall–Kier alpha value is -3.05. The lowest BCUT2D eigenvalue weighted by molar-refractivity contribution is 0.866. The molecule has 148 valence electrons. The minimum atomic E-state index is 0.589. The molecule has 29 heavy (non-hydrogen) atoms. The van der Waals surface area contributed by atoms with Crippen molar-refractivity contribution in [2.45, 2.75) is 20.8 Å². The van der Waals surface area contributed by atoms with Crippen molar-refractivity contribution in [1.82, 2.24) is 0 Å². The summed E-state index contributed by atoms with van der Waals surface area (Å²) in [6.07, 6.45) is 0. The molecule has 0 N–H and O–H groups in total. The van der Waals surface area contributed by atoms with Gasteiger partial charge in [-0.3, -0.25) is 0 Å². The van der Waals surface area contributed by atoms with E-state index in [0.29, 0.717) is 10.7 Å². The Morgan fingerprint density at radius 1 is 0.690 bits per heavy atom. The predicted octanol–water partition coefficient (Wildman–Crippen LogP) is 8.33. The lowest BCUT2D eigenvalue weighted by Gasteiger charge is -2.20. The molecule has 0 aliphatic carbocycles. The van der Waals surface area contributed by atoms with Gasteiger partial charge in [0.05, 0.1) is 22.1 Å². The van der Waals surface area contributed by atoms with E-state index >= 15 is 0 Å². The second-order valence-corrected chi connectivity index (χ2v) is 6.97. The van der Waals surface area contributed by atoms with E-state index in [4.69, 9.17) is 11.6 Å². The summed E-state index contributed by atoms with van der Waals surface area (Å²) >= 11 is 6.18. The van der Waals surface area contributed by atoms with Gasteiger partial charge in [-0.25, -0.2) is 0 Å². The van der Waals surface area contributed by atoms with Gasteiger partial charge >= 0.3 is 0 Å². The number of anilines is 1. The Labute approximate surface area is 176 Å². The Kier molecular flexibility index (Phi) is 7.09. The van der Waals surface area contributed by atoms with Crippen LogP contribution in [0.25, 0.3) is 0 Å². The number of aryl methyl sites for hydroxylation is 1. The first-order chi connectivity index (χ1) is 14.1. The highest BCUT2D eigenvalue weighted by molar-refractivity contribution is 6.33. The van der Waals surface area contributed by atoms with Gasteiger partial charge in [-0.05, 0) is 87.0 Å². The van der Waals surface area contributed by atoms with Gasteiger partial charge in [0, 0.05) is 18.8 Å². The normalized spacial score (nSPS) is 11.4. The molecule has 3 aromatic carbocycles. The molecule has 0 heterocycles. The monoisotopic (exact) mass is 405 g/mol. The predicted molar refractivity (Wildman–Crippen MR) is 121 cm³/mol. The largest absolute Gasteiger partial charge is 0.372 e. The maximum Gasteiger partial charge on any atom is 0.104 e. The molecule has 3 rings (SSSR count). The second-order valence-electron chi connectivity index (χ2n) is 6.56. The molecule has 0 fully saturated rings. The van der Waals surface area contributed by atoms with Crippen LogP contribution in [-0.2, 0) is 0 Å². The smallest absolute Gasteiger partial charge is 0.104 e. The van der Waals surface area contributed by atoms with Crippen LogP contribution in [0.2, 0.25) is 5.02 Å². The van der Waals surface area contributed by atoms with E-state index in [1.54, 1.807) is 0 Å². The summed E-state index contributed by atoms with van der Waals surface area (Å²) in [7, 11) is 0. The minimum absolute atomic E-state index is 0.589. The number of hydrogen-bond donors (Lipinski definition) is 0. The molecule has 0 aliphatic heterocycles. The van der Waals surface area contributed by atoms with E-state index in [9.17, 15) is 0 Å². The van der Waals surface area contributed by atoms with Crippen LogP contribution in [0.4, 0.5) is 28.4 Å². The molecule has 3 aromatic rings. The lowest BCUT2D eigenvalue weighted by atomic mass is 10.2. The average Bonchev–Trinajstić information content (AvgIpc) is 2.74. The van der Waals surface area contributed by atoms with Gasteiger partial charge in [0.25, 0.3) is 0 Å². The van der Waals surface area contributed by atoms with Gasteiger partial charge in [0.1, 0.15) is 5.69 Å². The first kappa shape index (κ1) is 20.7.